The van der Waals surface area contributed by atoms with Crippen LogP contribution in [-0.4, -0.2) is 19.7 Å². The van der Waals surface area contributed by atoms with Crippen molar-refractivity contribution in [2.75, 3.05) is 13.7 Å². The average molecular weight is 206 g/mol. The summed E-state index contributed by atoms with van der Waals surface area (Å²) in [6.07, 6.45) is 1.33. The van der Waals surface area contributed by atoms with Gasteiger partial charge in [-0.15, -0.1) is 0 Å². The van der Waals surface area contributed by atoms with E-state index in [9.17, 15) is 4.79 Å². The third-order valence-electron chi connectivity index (χ3n) is 2.64. The summed E-state index contributed by atoms with van der Waals surface area (Å²) >= 11 is 0. The number of hydrogen-bond donors (Lipinski definition) is 0. The summed E-state index contributed by atoms with van der Waals surface area (Å²) in [5.74, 6) is 1.02. The number of benzene rings is 1. The second-order valence-electron chi connectivity index (χ2n) is 3.77. The largest absolute Gasteiger partial charge is 0.493 e. The maximum absolute atomic E-state index is 11.1. The van der Waals surface area contributed by atoms with Crippen molar-refractivity contribution in [1.29, 1.82) is 0 Å². The molecule has 0 saturated carbocycles. The second kappa shape index (κ2) is 4.34. The van der Waals surface area contributed by atoms with Crippen LogP contribution in [0.5, 0.6) is 5.75 Å². The van der Waals surface area contributed by atoms with Gasteiger partial charge in [0.1, 0.15) is 5.75 Å². The third-order valence-corrected chi connectivity index (χ3v) is 2.64. The summed E-state index contributed by atoms with van der Waals surface area (Å²) in [7, 11) is 1.42. The number of carbonyl (C=O) groups is 1. The van der Waals surface area contributed by atoms with Gasteiger partial charge in [-0.3, -0.25) is 4.79 Å². The Kier molecular flexibility index (Phi) is 2.90. The van der Waals surface area contributed by atoms with Gasteiger partial charge in [-0.05, 0) is 18.1 Å². The molecule has 1 aromatic rings. The number of esters is 1. The maximum atomic E-state index is 11.1. The highest BCUT2D eigenvalue weighted by Crippen LogP contribution is 2.28. The van der Waals surface area contributed by atoms with Gasteiger partial charge in [-0.1, -0.05) is 18.2 Å². The molecule has 3 heteroatoms. The Morgan fingerprint density at radius 1 is 1.53 bits per heavy atom. The highest BCUT2D eigenvalue weighted by Gasteiger charge is 2.21. The van der Waals surface area contributed by atoms with E-state index in [0.717, 1.165) is 12.2 Å². The molecule has 0 aromatic heterocycles. The van der Waals surface area contributed by atoms with Crippen molar-refractivity contribution in [3.05, 3.63) is 29.8 Å². The first-order valence-corrected chi connectivity index (χ1v) is 5.07. The first-order chi connectivity index (χ1) is 7.29. The van der Waals surface area contributed by atoms with E-state index in [1.165, 1.54) is 12.7 Å². The van der Waals surface area contributed by atoms with E-state index in [1.54, 1.807) is 0 Å². The van der Waals surface area contributed by atoms with Crippen LogP contribution in [0.2, 0.25) is 0 Å². The van der Waals surface area contributed by atoms with Crippen molar-refractivity contribution in [1.82, 2.24) is 0 Å². The molecule has 1 atom stereocenters. The predicted octanol–water partition coefficient (Wildman–Crippen LogP) is 1.80. The lowest BCUT2D eigenvalue weighted by molar-refractivity contribution is -0.142. The van der Waals surface area contributed by atoms with Crippen molar-refractivity contribution in [3.63, 3.8) is 0 Å². The molecule has 0 saturated heterocycles. The van der Waals surface area contributed by atoms with Crippen LogP contribution in [0, 0.1) is 5.92 Å². The molecule has 0 amide bonds. The van der Waals surface area contributed by atoms with E-state index in [1.807, 2.05) is 24.3 Å². The number of carbonyl (C=O) groups excluding carboxylic acids is 1. The monoisotopic (exact) mass is 206 g/mol. The highest BCUT2D eigenvalue weighted by atomic mass is 16.5. The van der Waals surface area contributed by atoms with E-state index in [2.05, 4.69) is 4.74 Å². The van der Waals surface area contributed by atoms with Gasteiger partial charge in [0.25, 0.3) is 0 Å². The number of hydrogen-bond acceptors (Lipinski definition) is 3. The van der Waals surface area contributed by atoms with E-state index >= 15 is 0 Å². The van der Waals surface area contributed by atoms with Crippen molar-refractivity contribution in [3.8, 4) is 5.75 Å². The molecule has 1 aliphatic heterocycles. The molecule has 1 aromatic carbocycles. The Morgan fingerprint density at radius 3 is 3.13 bits per heavy atom. The molecular formula is C12H14O3. The molecule has 0 aliphatic carbocycles. The van der Waals surface area contributed by atoms with Crippen molar-refractivity contribution < 1.29 is 14.3 Å². The Balaban J connectivity index is 2.02. The number of ether oxygens (including phenoxy) is 2. The first kappa shape index (κ1) is 10.0. The predicted molar refractivity (Wildman–Crippen MR) is 55.8 cm³/mol. The molecule has 0 spiro atoms. The third kappa shape index (κ3) is 2.29. The zero-order valence-electron chi connectivity index (χ0n) is 8.73. The van der Waals surface area contributed by atoms with Crippen LogP contribution in [0.4, 0.5) is 0 Å². The summed E-state index contributed by atoms with van der Waals surface area (Å²) in [6, 6.07) is 7.95. The lowest BCUT2D eigenvalue weighted by Gasteiger charge is -2.24. The van der Waals surface area contributed by atoms with Crippen LogP contribution in [-0.2, 0) is 16.0 Å². The molecule has 0 radical (unpaired) electrons. The summed E-state index contributed by atoms with van der Waals surface area (Å²) in [5, 5.41) is 0. The fourth-order valence-corrected chi connectivity index (χ4v) is 1.84. The van der Waals surface area contributed by atoms with Crippen molar-refractivity contribution in [2.24, 2.45) is 5.92 Å². The normalized spacial score (nSPS) is 18.9. The molecule has 80 valence electrons. The maximum Gasteiger partial charge on any atom is 0.305 e. The quantitative estimate of drug-likeness (QED) is 0.692. The Bertz CT molecular complexity index is 360. The van der Waals surface area contributed by atoms with Gasteiger partial charge < -0.3 is 9.47 Å². The van der Waals surface area contributed by atoms with E-state index in [0.29, 0.717) is 13.0 Å². The molecule has 1 aliphatic rings. The molecular weight excluding hydrogens is 192 g/mol. The van der Waals surface area contributed by atoms with Gasteiger partial charge in [0.2, 0.25) is 0 Å². The number of fused-ring (bicyclic) bond motifs is 1. The van der Waals surface area contributed by atoms with Gasteiger partial charge in [0, 0.05) is 5.92 Å². The average Bonchev–Trinajstić information content (AvgIpc) is 2.29. The van der Waals surface area contributed by atoms with Gasteiger partial charge >= 0.3 is 5.97 Å². The summed E-state index contributed by atoms with van der Waals surface area (Å²) in [5.41, 5.74) is 1.18. The topological polar surface area (TPSA) is 35.5 Å². The molecule has 1 unspecified atom stereocenters. The molecule has 3 nitrogen and oxygen atoms in total. The van der Waals surface area contributed by atoms with Crippen molar-refractivity contribution >= 4 is 5.97 Å². The first-order valence-electron chi connectivity index (χ1n) is 5.07. The van der Waals surface area contributed by atoms with E-state index in [4.69, 9.17) is 4.74 Å². The number of rotatable bonds is 2. The van der Waals surface area contributed by atoms with Crippen LogP contribution < -0.4 is 4.74 Å². The molecule has 2 rings (SSSR count). The Hall–Kier alpha value is -1.51. The lowest BCUT2D eigenvalue weighted by atomic mass is 9.94. The second-order valence-corrected chi connectivity index (χ2v) is 3.77. The minimum Gasteiger partial charge on any atom is -0.493 e. The molecule has 15 heavy (non-hydrogen) atoms. The SMILES string of the molecule is COC(=O)CC1COc2ccccc2C1. The van der Waals surface area contributed by atoms with Crippen LogP contribution in [0.3, 0.4) is 0 Å². The fourth-order valence-electron chi connectivity index (χ4n) is 1.84. The summed E-state index contributed by atoms with van der Waals surface area (Å²) in [4.78, 5) is 11.1. The number of methoxy groups -OCH3 is 1. The van der Waals surface area contributed by atoms with Crippen LogP contribution in [0.1, 0.15) is 12.0 Å². The number of para-hydroxylation sites is 1. The molecule has 0 N–H and O–H groups in total. The lowest BCUT2D eigenvalue weighted by Crippen LogP contribution is -2.23. The Morgan fingerprint density at radius 2 is 2.33 bits per heavy atom. The molecule has 1 heterocycles. The van der Waals surface area contributed by atoms with Gasteiger partial charge in [-0.25, -0.2) is 0 Å². The summed E-state index contributed by atoms with van der Waals surface area (Å²) in [6.45, 7) is 0.603. The highest BCUT2D eigenvalue weighted by molar-refractivity contribution is 5.69. The van der Waals surface area contributed by atoms with Gasteiger partial charge in [-0.2, -0.15) is 0 Å². The zero-order valence-corrected chi connectivity index (χ0v) is 8.73. The smallest absolute Gasteiger partial charge is 0.305 e. The van der Waals surface area contributed by atoms with Crippen LogP contribution >= 0.6 is 0 Å². The van der Waals surface area contributed by atoms with Crippen LogP contribution in [0.25, 0.3) is 0 Å². The van der Waals surface area contributed by atoms with Crippen LogP contribution in [0.15, 0.2) is 24.3 Å². The zero-order chi connectivity index (χ0) is 10.7. The standard InChI is InChI=1S/C12H14O3/c1-14-12(13)7-9-6-10-4-2-3-5-11(10)15-8-9/h2-5,9H,6-8H2,1H3. The molecule has 0 fully saturated rings. The molecule has 0 bridgehead atoms. The minimum absolute atomic E-state index is 0.164. The van der Waals surface area contributed by atoms with Gasteiger partial charge in [0.15, 0.2) is 0 Å². The Labute approximate surface area is 89.0 Å². The van der Waals surface area contributed by atoms with Gasteiger partial charge in [0.05, 0.1) is 20.1 Å². The fraction of sp³-hybridized carbons (Fsp3) is 0.417. The van der Waals surface area contributed by atoms with Crippen molar-refractivity contribution in [2.45, 2.75) is 12.8 Å². The summed E-state index contributed by atoms with van der Waals surface area (Å²) < 4.78 is 10.2. The minimum atomic E-state index is -0.164. The van der Waals surface area contributed by atoms with E-state index in [-0.39, 0.29) is 11.9 Å². The van der Waals surface area contributed by atoms with E-state index < -0.39 is 0 Å².